The molecule has 0 atom stereocenters. The summed E-state index contributed by atoms with van der Waals surface area (Å²) in [6.45, 7) is 0.266. The molecule has 2 aromatic rings. The smallest absolute Gasteiger partial charge is 0.257 e. The Morgan fingerprint density at radius 3 is 2.88 bits per heavy atom. The Morgan fingerprint density at radius 1 is 1.50 bits per heavy atom. The number of nitrogens with zero attached hydrogens (tertiary/aromatic N) is 2. The van der Waals surface area contributed by atoms with Gasteiger partial charge in [0.25, 0.3) is 10.0 Å². The largest absolute Gasteiger partial charge is 0.357 e. The second-order valence-corrected chi connectivity index (χ2v) is 5.17. The van der Waals surface area contributed by atoms with Gasteiger partial charge in [-0.25, -0.2) is 13.1 Å². The normalized spacial score (nSPS) is 11.8. The zero-order valence-electron chi connectivity index (χ0n) is 8.71. The molecule has 0 spiro atoms. The number of H-pyrrole nitrogens is 1. The Hall–Kier alpha value is -1.60. The van der Waals surface area contributed by atoms with Gasteiger partial charge in [0.05, 0.1) is 6.20 Å². The van der Waals surface area contributed by atoms with Gasteiger partial charge in [0.15, 0.2) is 5.03 Å². The predicted molar refractivity (Wildman–Crippen MR) is 58.0 cm³/mol. The molecular weight excluding hydrogens is 228 g/mol. The van der Waals surface area contributed by atoms with E-state index in [0.717, 1.165) is 5.56 Å². The molecule has 0 radical (unpaired) electrons. The predicted octanol–water partition coefficient (Wildman–Crippen LogP) is 0.227. The van der Waals surface area contributed by atoms with E-state index in [1.807, 2.05) is 30.1 Å². The number of aromatic amines is 1. The van der Waals surface area contributed by atoms with E-state index in [-0.39, 0.29) is 11.6 Å². The maximum atomic E-state index is 11.7. The van der Waals surface area contributed by atoms with Gasteiger partial charge >= 0.3 is 0 Å². The van der Waals surface area contributed by atoms with Crippen LogP contribution in [0.4, 0.5) is 0 Å². The standard InChI is InChI=1S/C9H12N4O2S/c1-13-5-3-8(7-13)6-11-16(14,15)9-2-4-10-12-9/h2-5,7,11H,6H2,1H3,(H,10,12). The number of rotatable bonds is 4. The fourth-order valence-corrected chi connectivity index (χ4v) is 2.24. The first-order chi connectivity index (χ1) is 7.58. The minimum Gasteiger partial charge on any atom is -0.357 e. The van der Waals surface area contributed by atoms with Gasteiger partial charge in [0, 0.05) is 26.0 Å². The quantitative estimate of drug-likeness (QED) is 0.802. The number of aromatic nitrogens is 3. The molecule has 86 valence electrons. The lowest BCUT2D eigenvalue weighted by atomic mass is 10.4. The third-order valence-electron chi connectivity index (χ3n) is 2.12. The zero-order valence-corrected chi connectivity index (χ0v) is 9.53. The highest BCUT2D eigenvalue weighted by Gasteiger charge is 2.14. The van der Waals surface area contributed by atoms with Crippen LogP contribution in [0.2, 0.25) is 0 Å². The van der Waals surface area contributed by atoms with E-state index >= 15 is 0 Å². The minimum atomic E-state index is -3.48. The van der Waals surface area contributed by atoms with Crippen LogP contribution in [-0.4, -0.2) is 23.2 Å². The molecule has 0 saturated heterocycles. The summed E-state index contributed by atoms with van der Waals surface area (Å²) in [7, 11) is -1.60. The summed E-state index contributed by atoms with van der Waals surface area (Å²) < 4.78 is 27.7. The second-order valence-electron chi connectivity index (χ2n) is 3.43. The van der Waals surface area contributed by atoms with Crippen LogP contribution in [0.1, 0.15) is 5.56 Å². The first kappa shape index (κ1) is 10.9. The molecule has 16 heavy (non-hydrogen) atoms. The molecule has 0 saturated carbocycles. The van der Waals surface area contributed by atoms with E-state index in [9.17, 15) is 8.42 Å². The van der Waals surface area contributed by atoms with Crippen molar-refractivity contribution >= 4 is 10.0 Å². The summed E-state index contributed by atoms with van der Waals surface area (Å²) >= 11 is 0. The Labute approximate surface area is 93.3 Å². The summed E-state index contributed by atoms with van der Waals surface area (Å²) in [5.74, 6) is 0. The molecule has 2 aromatic heterocycles. The summed E-state index contributed by atoms with van der Waals surface area (Å²) in [6.07, 6.45) is 5.12. The molecule has 0 amide bonds. The third kappa shape index (κ3) is 2.31. The monoisotopic (exact) mass is 240 g/mol. The van der Waals surface area contributed by atoms with Crippen molar-refractivity contribution in [2.45, 2.75) is 11.6 Å². The van der Waals surface area contributed by atoms with Gasteiger partial charge in [-0.15, -0.1) is 0 Å². The molecule has 7 heteroatoms. The number of hydrogen-bond donors (Lipinski definition) is 2. The third-order valence-corrected chi connectivity index (χ3v) is 3.46. The Balaban J connectivity index is 2.06. The highest BCUT2D eigenvalue weighted by atomic mass is 32.2. The summed E-state index contributed by atoms with van der Waals surface area (Å²) in [5.41, 5.74) is 0.908. The van der Waals surface area contributed by atoms with Gasteiger partial charge in [-0.1, -0.05) is 0 Å². The molecular formula is C9H12N4O2S. The lowest BCUT2D eigenvalue weighted by Crippen LogP contribution is -2.23. The average molecular weight is 240 g/mol. The van der Waals surface area contributed by atoms with E-state index in [4.69, 9.17) is 0 Å². The number of nitrogens with one attached hydrogen (secondary N) is 2. The Kier molecular flexibility index (Phi) is 2.80. The van der Waals surface area contributed by atoms with Crippen LogP contribution in [-0.2, 0) is 23.6 Å². The van der Waals surface area contributed by atoms with Gasteiger partial charge in [0.1, 0.15) is 0 Å². The van der Waals surface area contributed by atoms with Gasteiger partial charge in [-0.3, -0.25) is 5.10 Å². The molecule has 0 aliphatic rings. The van der Waals surface area contributed by atoms with Crippen LogP contribution in [0, 0.1) is 0 Å². The van der Waals surface area contributed by atoms with Crippen LogP contribution in [0.5, 0.6) is 0 Å². The van der Waals surface area contributed by atoms with Crippen molar-refractivity contribution in [3.63, 3.8) is 0 Å². The maximum absolute atomic E-state index is 11.7. The molecule has 0 aromatic carbocycles. The molecule has 0 fully saturated rings. The summed E-state index contributed by atoms with van der Waals surface area (Å²) in [4.78, 5) is 0. The SMILES string of the molecule is Cn1ccc(CNS(=O)(=O)c2ccn[nH]2)c1. The van der Waals surface area contributed by atoms with E-state index in [0.29, 0.717) is 0 Å². The fourth-order valence-electron chi connectivity index (χ4n) is 1.31. The molecule has 0 aliphatic carbocycles. The van der Waals surface area contributed by atoms with E-state index < -0.39 is 10.0 Å². The Bertz CT molecular complexity index is 556. The lowest BCUT2D eigenvalue weighted by Gasteiger charge is -2.02. The molecule has 0 bridgehead atoms. The van der Waals surface area contributed by atoms with Crippen molar-refractivity contribution in [1.82, 2.24) is 19.5 Å². The van der Waals surface area contributed by atoms with E-state index in [1.54, 1.807) is 0 Å². The van der Waals surface area contributed by atoms with E-state index in [1.165, 1.54) is 12.3 Å². The van der Waals surface area contributed by atoms with Crippen molar-refractivity contribution in [3.8, 4) is 0 Å². The first-order valence-electron chi connectivity index (χ1n) is 4.68. The van der Waals surface area contributed by atoms with Crippen LogP contribution >= 0.6 is 0 Å². The van der Waals surface area contributed by atoms with Crippen molar-refractivity contribution in [3.05, 3.63) is 36.3 Å². The van der Waals surface area contributed by atoms with E-state index in [2.05, 4.69) is 14.9 Å². The first-order valence-corrected chi connectivity index (χ1v) is 6.16. The lowest BCUT2D eigenvalue weighted by molar-refractivity contribution is 0.577. The fraction of sp³-hybridized carbons (Fsp3) is 0.222. The highest BCUT2D eigenvalue weighted by molar-refractivity contribution is 7.89. The number of aryl methyl sites for hydroxylation is 1. The topological polar surface area (TPSA) is 79.8 Å². The minimum absolute atomic E-state index is 0.0726. The Morgan fingerprint density at radius 2 is 2.31 bits per heavy atom. The molecule has 6 nitrogen and oxygen atoms in total. The van der Waals surface area contributed by atoms with Crippen molar-refractivity contribution in [1.29, 1.82) is 0 Å². The second kappa shape index (κ2) is 4.11. The van der Waals surface area contributed by atoms with Crippen molar-refractivity contribution < 1.29 is 8.42 Å². The number of sulfonamides is 1. The van der Waals surface area contributed by atoms with Crippen LogP contribution in [0.25, 0.3) is 0 Å². The molecule has 0 aliphatic heterocycles. The zero-order chi connectivity index (χ0) is 11.6. The maximum Gasteiger partial charge on any atom is 0.257 e. The highest BCUT2D eigenvalue weighted by Crippen LogP contribution is 2.05. The summed E-state index contributed by atoms with van der Waals surface area (Å²) in [5, 5.41) is 6.09. The van der Waals surface area contributed by atoms with Gasteiger partial charge in [0.2, 0.25) is 0 Å². The van der Waals surface area contributed by atoms with Crippen LogP contribution in [0.3, 0.4) is 0 Å². The van der Waals surface area contributed by atoms with Crippen LogP contribution in [0.15, 0.2) is 35.7 Å². The summed E-state index contributed by atoms with van der Waals surface area (Å²) in [6, 6.07) is 3.27. The molecule has 2 rings (SSSR count). The van der Waals surface area contributed by atoms with Gasteiger partial charge in [-0.05, 0) is 17.7 Å². The van der Waals surface area contributed by atoms with Crippen molar-refractivity contribution in [2.75, 3.05) is 0 Å². The molecule has 2 heterocycles. The van der Waals surface area contributed by atoms with Gasteiger partial charge in [-0.2, -0.15) is 5.10 Å². The molecule has 2 N–H and O–H groups in total. The molecule has 0 unspecified atom stereocenters. The average Bonchev–Trinajstić information content (AvgIpc) is 2.85. The van der Waals surface area contributed by atoms with Crippen LogP contribution < -0.4 is 4.72 Å². The van der Waals surface area contributed by atoms with Crippen molar-refractivity contribution in [2.24, 2.45) is 7.05 Å². The van der Waals surface area contributed by atoms with Gasteiger partial charge < -0.3 is 4.57 Å². The number of hydrogen-bond acceptors (Lipinski definition) is 3.